The van der Waals surface area contributed by atoms with E-state index in [9.17, 15) is 22.8 Å². The lowest BCUT2D eigenvalue weighted by Crippen LogP contribution is -2.49. The first-order valence-electron chi connectivity index (χ1n) is 9.36. The van der Waals surface area contributed by atoms with Crippen LogP contribution in [0.3, 0.4) is 0 Å². The number of benzene rings is 2. The molecule has 1 fully saturated rings. The second-order valence-corrected chi connectivity index (χ2v) is 7.39. The van der Waals surface area contributed by atoms with E-state index < -0.39 is 18.1 Å². The summed E-state index contributed by atoms with van der Waals surface area (Å²) in [5, 5.41) is 2.15. The van der Waals surface area contributed by atoms with E-state index in [0.29, 0.717) is 24.9 Å². The number of rotatable bonds is 2. The van der Waals surface area contributed by atoms with E-state index in [4.69, 9.17) is 0 Å². The third kappa shape index (κ3) is 3.43. The summed E-state index contributed by atoms with van der Waals surface area (Å²) in [6.07, 6.45) is -3.33. The van der Waals surface area contributed by atoms with Crippen molar-refractivity contribution in [2.45, 2.75) is 31.1 Å². The normalized spacial score (nSPS) is 20.8. The molecule has 152 valence electrons. The Morgan fingerprint density at radius 2 is 1.90 bits per heavy atom. The second-order valence-electron chi connectivity index (χ2n) is 7.39. The lowest BCUT2D eigenvalue weighted by atomic mass is 9.90. The van der Waals surface area contributed by atoms with Crippen molar-refractivity contribution in [2.75, 3.05) is 23.4 Å². The van der Waals surface area contributed by atoms with Gasteiger partial charge in [0.1, 0.15) is 6.29 Å². The van der Waals surface area contributed by atoms with Crippen molar-refractivity contribution in [3.8, 4) is 0 Å². The number of hydrogen-bond acceptors (Lipinski definition) is 4. The maximum Gasteiger partial charge on any atom is 0.471 e. The molecule has 5 nitrogen and oxygen atoms in total. The maximum absolute atomic E-state index is 12.7. The number of aldehydes is 1. The molecule has 0 radical (unpaired) electrons. The van der Waals surface area contributed by atoms with Gasteiger partial charge in [-0.2, -0.15) is 13.2 Å². The molecule has 0 unspecified atom stereocenters. The molecular formula is C21H20F3N3O2. The molecule has 0 spiro atoms. The Hall–Kier alpha value is -3.03. The van der Waals surface area contributed by atoms with Gasteiger partial charge >= 0.3 is 12.1 Å². The van der Waals surface area contributed by atoms with Crippen LogP contribution in [0.4, 0.5) is 30.2 Å². The minimum absolute atomic E-state index is 0.190. The molecule has 0 saturated carbocycles. The Bertz CT molecular complexity index is 960. The lowest BCUT2D eigenvalue weighted by Gasteiger charge is -2.41. The van der Waals surface area contributed by atoms with E-state index in [1.807, 2.05) is 48.3 Å². The third-order valence-electron chi connectivity index (χ3n) is 5.66. The smallest absolute Gasteiger partial charge is 0.363 e. The summed E-state index contributed by atoms with van der Waals surface area (Å²) in [7, 11) is 1.91. The first-order valence-corrected chi connectivity index (χ1v) is 9.36. The van der Waals surface area contributed by atoms with E-state index in [0.717, 1.165) is 28.9 Å². The van der Waals surface area contributed by atoms with Crippen molar-refractivity contribution in [3.63, 3.8) is 0 Å². The number of fused-ring (bicyclic) bond motifs is 5. The van der Waals surface area contributed by atoms with Crippen molar-refractivity contribution in [1.29, 1.82) is 0 Å². The van der Waals surface area contributed by atoms with E-state index in [1.54, 1.807) is 6.07 Å². The number of piperidine rings is 1. The van der Waals surface area contributed by atoms with Gasteiger partial charge < -0.3 is 15.1 Å². The van der Waals surface area contributed by atoms with Gasteiger partial charge in [0.05, 0.1) is 17.4 Å². The number of nitrogens with zero attached hydrogens (tertiary/aromatic N) is 2. The molecule has 2 heterocycles. The molecule has 1 N–H and O–H groups in total. The highest BCUT2D eigenvalue weighted by molar-refractivity contribution is 5.87. The van der Waals surface area contributed by atoms with Crippen LogP contribution in [0, 0.1) is 0 Å². The maximum atomic E-state index is 12.7. The van der Waals surface area contributed by atoms with Gasteiger partial charge in [-0.15, -0.1) is 0 Å². The molecule has 0 aliphatic carbocycles. The van der Waals surface area contributed by atoms with Gasteiger partial charge in [0.2, 0.25) is 0 Å². The van der Waals surface area contributed by atoms with E-state index in [1.165, 1.54) is 0 Å². The number of nitrogens with one attached hydrogen (secondary N) is 1. The topological polar surface area (TPSA) is 52.7 Å². The van der Waals surface area contributed by atoms with Crippen LogP contribution >= 0.6 is 0 Å². The Morgan fingerprint density at radius 3 is 2.62 bits per heavy atom. The van der Waals surface area contributed by atoms with Crippen LogP contribution in [0.5, 0.6) is 0 Å². The fraction of sp³-hybridized carbons (Fsp3) is 0.333. The number of hydrogen-bond donors (Lipinski definition) is 1. The highest BCUT2D eigenvalue weighted by atomic mass is 19.4. The van der Waals surface area contributed by atoms with E-state index in [2.05, 4.69) is 10.2 Å². The number of anilines is 3. The van der Waals surface area contributed by atoms with Gasteiger partial charge in [-0.25, -0.2) is 0 Å². The zero-order valence-corrected chi connectivity index (χ0v) is 15.7. The molecule has 2 aliphatic rings. The van der Waals surface area contributed by atoms with E-state index in [-0.39, 0.29) is 6.04 Å². The number of alkyl halides is 3. The molecule has 2 atom stereocenters. The molecule has 0 bridgehead atoms. The Labute approximate surface area is 166 Å². The first kappa shape index (κ1) is 19.3. The molecular weight excluding hydrogens is 383 g/mol. The molecule has 4 rings (SSSR count). The minimum Gasteiger partial charge on any atom is -0.363 e. The molecule has 29 heavy (non-hydrogen) atoms. The largest absolute Gasteiger partial charge is 0.471 e. The molecule has 2 aromatic carbocycles. The monoisotopic (exact) mass is 403 g/mol. The van der Waals surface area contributed by atoms with Gasteiger partial charge in [0, 0.05) is 30.9 Å². The number of amides is 1. The molecule has 0 aromatic heterocycles. The fourth-order valence-corrected chi connectivity index (χ4v) is 4.28. The van der Waals surface area contributed by atoms with Crippen LogP contribution in [0.15, 0.2) is 42.5 Å². The van der Waals surface area contributed by atoms with Crippen LogP contribution in [-0.4, -0.2) is 38.0 Å². The molecule has 2 aromatic rings. The van der Waals surface area contributed by atoms with Gasteiger partial charge in [0.15, 0.2) is 0 Å². The predicted molar refractivity (Wildman–Crippen MR) is 104 cm³/mol. The summed E-state index contributed by atoms with van der Waals surface area (Å²) in [6.45, 7) is 0.489. The quantitative estimate of drug-likeness (QED) is 0.771. The average molecular weight is 403 g/mol. The van der Waals surface area contributed by atoms with Crippen LogP contribution in [0.1, 0.15) is 34.8 Å². The molecule has 2 aliphatic heterocycles. The summed E-state index contributed by atoms with van der Waals surface area (Å²) in [5.41, 5.74) is 4.23. The molecule has 8 heteroatoms. The van der Waals surface area contributed by atoms with Crippen molar-refractivity contribution >= 4 is 29.3 Å². The molecule has 1 saturated heterocycles. The zero-order valence-electron chi connectivity index (χ0n) is 15.7. The van der Waals surface area contributed by atoms with Crippen molar-refractivity contribution < 1.29 is 22.8 Å². The SMILES string of the molecule is CN1c2ccccc2[C@H]2C[C@H](NC(=O)C(F)(F)F)CCN2c2ccc(C=O)cc21. The standard InChI is InChI=1S/C21H20F3N3O2/c1-26-16-5-3-2-4-15(16)18-11-14(25-20(29)21(22,23)24)8-9-27(18)17-7-6-13(12-28)10-19(17)26/h2-7,10,12,14,18H,8-9,11H2,1H3,(H,25,29)/t14-,18-/m1/s1. The van der Waals surface area contributed by atoms with Gasteiger partial charge in [-0.05, 0) is 42.7 Å². The zero-order chi connectivity index (χ0) is 20.8. The highest BCUT2D eigenvalue weighted by Gasteiger charge is 2.42. The van der Waals surface area contributed by atoms with Gasteiger partial charge in [0.25, 0.3) is 0 Å². The Morgan fingerprint density at radius 1 is 1.14 bits per heavy atom. The second kappa shape index (κ2) is 7.09. The summed E-state index contributed by atoms with van der Waals surface area (Å²) >= 11 is 0. The first-order chi connectivity index (χ1) is 13.8. The van der Waals surface area contributed by atoms with E-state index >= 15 is 0 Å². The third-order valence-corrected chi connectivity index (χ3v) is 5.66. The Kier molecular flexibility index (Phi) is 4.72. The number of carbonyl (C=O) groups is 2. The lowest BCUT2D eigenvalue weighted by molar-refractivity contribution is -0.174. The summed E-state index contributed by atoms with van der Waals surface area (Å²) in [5.74, 6) is -1.90. The van der Waals surface area contributed by atoms with Crippen LogP contribution in [-0.2, 0) is 4.79 Å². The van der Waals surface area contributed by atoms with Crippen molar-refractivity contribution in [1.82, 2.24) is 5.32 Å². The van der Waals surface area contributed by atoms with Gasteiger partial charge in [-0.1, -0.05) is 18.2 Å². The number of halogens is 3. The average Bonchev–Trinajstić information content (AvgIpc) is 2.81. The fourth-order valence-electron chi connectivity index (χ4n) is 4.28. The van der Waals surface area contributed by atoms with Crippen LogP contribution in [0.25, 0.3) is 0 Å². The van der Waals surface area contributed by atoms with Crippen LogP contribution < -0.4 is 15.1 Å². The summed E-state index contributed by atoms with van der Waals surface area (Å²) in [6, 6.07) is 12.4. The van der Waals surface area contributed by atoms with Crippen molar-refractivity contribution in [2.24, 2.45) is 0 Å². The summed E-state index contributed by atoms with van der Waals surface area (Å²) in [4.78, 5) is 26.9. The number of para-hydroxylation sites is 1. The highest BCUT2D eigenvalue weighted by Crippen LogP contribution is 2.48. The summed E-state index contributed by atoms with van der Waals surface area (Å²) < 4.78 is 38.1. The van der Waals surface area contributed by atoms with Gasteiger partial charge in [-0.3, -0.25) is 9.59 Å². The van der Waals surface area contributed by atoms with Crippen molar-refractivity contribution in [3.05, 3.63) is 53.6 Å². The molecule has 1 amide bonds. The predicted octanol–water partition coefficient (Wildman–Crippen LogP) is 3.97. The number of carbonyl (C=O) groups excluding carboxylic acids is 2. The Balaban J connectivity index is 1.74. The van der Waals surface area contributed by atoms with Crippen LogP contribution in [0.2, 0.25) is 0 Å². The minimum atomic E-state index is -4.89.